The maximum atomic E-state index is 13.0. The van der Waals surface area contributed by atoms with Gasteiger partial charge in [0.25, 0.3) is 5.91 Å². The number of carbonyl (C=O) groups excluding carboxylic acids is 1. The topological polar surface area (TPSA) is 88.3 Å². The highest BCUT2D eigenvalue weighted by atomic mass is 19.1. The molecule has 1 aliphatic rings. The molecule has 7 nitrogen and oxygen atoms in total. The average molecular weight is 332 g/mol. The molecule has 24 heavy (non-hydrogen) atoms. The Labute approximate surface area is 137 Å². The summed E-state index contributed by atoms with van der Waals surface area (Å²) < 4.78 is 14.5. The van der Waals surface area contributed by atoms with Crippen LogP contribution in [0.1, 0.15) is 36.2 Å². The number of aryl methyl sites for hydroxylation is 1. The highest BCUT2D eigenvalue weighted by Crippen LogP contribution is 2.30. The lowest BCUT2D eigenvalue weighted by molar-refractivity contribution is -0.141. The van der Waals surface area contributed by atoms with E-state index in [9.17, 15) is 19.1 Å². The fraction of sp³-hybridized carbons (Fsp3) is 0.375. The molecule has 1 unspecified atom stereocenters. The van der Waals surface area contributed by atoms with E-state index < -0.39 is 17.9 Å². The van der Waals surface area contributed by atoms with E-state index in [1.54, 1.807) is 6.92 Å². The quantitative estimate of drug-likeness (QED) is 0.902. The van der Waals surface area contributed by atoms with Crippen molar-refractivity contribution in [3.8, 4) is 5.69 Å². The van der Waals surface area contributed by atoms with E-state index in [2.05, 4.69) is 10.1 Å². The lowest BCUT2D eigenvalue weighted by Gasteiger charge is -2.24. The highest BCUT2D eigenvalue weighted by molar-refractivity contribution is 5.94. The minimum atomic E-state index is -1.06. The van der Waals surface area contributed by atoms with Crippen LogP contribution in [0.4, 0.5) is 4.39 Å². The van der Waals surface area contributed by atoms with Crippen LogP contribution in [0.25, 0.3) is 5.69 Å². The van der Waals surface area contributed by atoms with Crippen molar-refractivity contribution in [2.24, 2.45) is 0 Å². The Morgan fingerprint density at radius 3 is 2.50 bits per heavy atom. The van der Waals surface area contributed by atoms with Crippen LogP contribution < -0.4 is 0 Å². The van der Waals surface area contributed by atoms with Gasteiger partial charge in [0, 0.05) is 6.04 Å². The Morgan fingerprint density at radius 1 is 1.33 bits per heavy atom. The average Bonchev–Trinajstić information content (AvgIpc) is 3.29. The van der Waals surface area contributed by atoms with Crippen molar-refractivity contribution in [2.75, 3.05) is 0 Å². The predicted octanol–water partition coefficient (Wildman–Crippen LogP) is 1.79. The third-order valence-electron chi connectivity index (χ3n) is 3.98. The first-order valence-corrected chi connectivity index (χ1v) is 7.63. The molecule has 1 heterocycles. The fourth-order valence-corrected chi connectivity index (χ4v) is 2.55. The van der Waals surface area contributed by atoms with E-state index in [0.29, 0.717) is 11.5 Å². The zero-order valence-corrected chi connectivity index (χ0v) is 13.3. The third kappa shape index (κ3) is 2.99. The molecule has 0 spiro atoms. The highest BCUT2D eigenvalue weighted by Gasteiger charge is 2.40. The first-order chi connectivity index (χ1) is 11.4. The van der Waals surface area contributed by atoms with Crippen LogP contribution in [-0.4, -0.2) is 48.7 Å². The van der Waals surface area contributed by atoms with Gasteiger partial charge < -0.3 is 10.0 Å². The number of hydrogen-bond acceptors (Lipinski definition) is 4. The second-order valence-corrected chi connectivity index (χ2v) is 5.83. The number of carboxylic acids is 1. The summed E-state index contributed by atoms with van der Waals surface area (Å²) in [6.45, 7) is 3.15. The molecule has 0 saturated heterocycles. The molecule has 1 atom stereocenters. The number of nitrogens with zero attached hydrogens (tertiary/aromatic N) is 4. The van der Waals surface area contributed by atoms with Gasteiger partial charge in [0.05, 0.1) is 5.69 Å². The summed E-state index contributed by atoms with van der Waals surface area (Å²) in [6, 6.07) is 4.62. The SMILES string of the molecule is Cc1nc(C(=O)N(C2CC2)C(C)C(=O)O)nn1-c1ccc(F)cc1. The maximum Gasteiger partial charge on any atom is 0.326 e. The van der Waals surface area contributed by atoms with Crippen LogP contribution in [-0.2, 0) is 4.79 Å². The molecule has 8 heteroatoms. The van der Waals surface area contributed by atoms with Gasteiger partial charge in [0.15, 0.2) is 0 Å². The van der Waals surface area contributed by atoms with Gasteiger partial charge in [-0.15, -0.1) is 5.10 Å². The summed E-state index contributed by atoms with van der Waals surface area (Å²) in [5, 5.41) is 13.4. The van der Waals surface area contributed by atoms with E-state index in [0.717, 1.165) is 12.8 Å². The van der Waals surface area contributed by atoms with Crippen molar-refractivity contribution in [3.63, 3.8) is 0 Å². The monoisotopic (exact) mass is 332 g/mol. The van der Waals surface area contributed by atoms with Gasteiger partial charge in [0.2, 0.25) is 5.82 Å². The molecule has 2 aromatic rings. The number of halogens is 1. The molecule has 0 aliphatic heterocycles. The summed E-state index contributed by atoms with van der Waals surface area (Å²) in [5.41, 5.74) is 0.574. The predicted molar refractivity (Wildman–Crippen MR) is 82.3 cm³/mol. The maximum absolute atomic E-state index is 13.0. The van der Waals surface area contributed by atoms with Crippen molar-refractivity contribution in [1.29, 1.82) is 0 Å². The number of carboxylic acid groups (broad SMARTS) is 1. The molecule has 1 aliphatic carbocycles. The van der Waals surface area contributed by atoms with E-state index in [-0.39, 0.29) is 17.7 Å². The molecule has 1 saturated carbocycles. The number of aliphatic carboxylic acids is 1. The molecule has 1 fully saturated rings. The van der Waals surface area contributed by atoms with E-state index in [4.69, 9.17) is 0 Å². The fourth-order valence-electron chi connectivity index (χ4n) is 2.55. The first kappa shape index (κ1) is 16.1. The Hall–Kier alpha value is -2.77. The Balaban J connectivity index is 1.92. The normalized spacial score (nSPS) is 15.1. The first-order valence-electron chi connectivity index (χ1n) is 7.63. The second-order valence-electron chi connectivity index (χ2n) is 5.83. The summed E-state index contributed by atoms with van der Waals surface area (Å²) in [7, 11) is 0. The molecular formula is C16H17FN4O3. The molecule has 0 bridgehead atoms. The molecular weight excluding hydrogens is 315 g/mol. The number of carbonyl (C=O) groups is 2. The van der Waals surface area contributed by atoms with Gasteiger partial charge in [0.1, 0.15) is 17.7 Å². The lowest BCUT2D eigenvalue weighted by Crippen LogP contribution is -2.45. The number of rotatable bonds is 5. The van der Waals surface area contributed by atoms with Gasteiger partial charge in [-0.1, -0.05) is 0 Å². The number of amides is 1. The lowest BCUT2D eigenvalue weighted by atomic mass is 10.2. The van der Waals surface area contributed by atoms with Crippen molar-refractivity contribution >= 4 is 11.9 Å². The van der Waals surface area contributed by atoms with Crippen LogP contribution >= 0.6 is 0 Å². The van der Waals surface area contributed by atoms with Crippen LogP contribution in [0, 0.1) is 12.7 Å². The number of hydrogen-bond donors (Lipinski definition) is 1. The van der Waals surface area contributed by atoms with E-state index in [1.165, 1.54) is 40.8 Å². The minimum absolute atomic E-state index is 0.0585. The summed E-state index contributed by atoms with van der Waals surface area (Å²) in [4.78, 5) is 29.4. The zero-order valence-electron chi connectivity index (χ0n) is 13.3. The smallest absolute Gasteiger partial charge is 0.326 e. The van der Waals surface area contributed by atoms with Crippen LogP contribution in [0.5, 0.6) is 0 Å². The molecule has 1 aromatic heterocycles. The van der Waals surface area contributed by atoms with E-state index in [1.807, 2.05) is 0 Å². The summed E-state index contributed by atoms with van der Waals surface area (Å²) in [5.74, 6) is -1.54. The third-order valence-corrected chi connectivity index (χ3v) is 3.98. The van der Waals surface area contributed by atoms with Crippen LogP contribution in [0.2, 0.25) is 0 Å². The molecule has 1 aromatic carbocycles. The van der Waals surface area contributed by atoms with E-state index >= 15 is 0 Å². The van der Waals surface area contributed by atoms with Crippen molar-refractivity contribution < 1.29 is 19.1 Å². The van der Waals surface area contributed by atoms with Gasteiger partial charge in [-0.3, -0.25) is 4.79 Å². The van der Waals surface area contributed by atoms with Crippen molar-refractivity contribution in [1.82, 2.24) is 19.7 Å². The summed E-state index contributed by atoms with van der Waals surface area (Å²) >= 11 is 0. The standard InChI is InChI=1S/C16H17FN4O3/c1-9(16(23)24)20(12-7-8-12)15(22)14-18-10(2)21(19-14)13-5-3-11(17)4-6-13/h3-6,9,12H,7-8H2,1-2H3,(H,23,24). The van der Waals surface area contributed by atoms with Crippen LogP contribution in [0.3, 0.4) is 0 Å². The Morgan fingerprint density at radius 2 is 1.96 bits per heavy atom. The zero-order chi connectivity index (χ0) is 17.4. The summed E-state index contributed by atoms with van der Waals surface area (Å²) in [6.07, 6.45) is 1.56. The van der Waals surface area contributed by atoms with Crippen molar-refractivity contribution in [2.45, 2.75) is 38.8 Å². The molecule has 0 radical (unpaired) electrons. The van der Waals surface area contributed by atoms with Crippen molar-refractivity contribution in [3.05, 3.63) is 41.7 Å². The Kier molecular flexibility index (Phi) is 4.04. The molecule has 1 N–H and O–H groups in total. The minimum Gasteiger partial charge on any atom is -0.480 e. The van der Waals surface area contributed by atoms with Gasteiger partial charge in [-0.2, -0.15) is 0 Å². The Bertz CT molecular complexity index is 783. The van der Waals surface area contributed by atoms with Gasteiger partial charge in [-0.05, 0) is 51.0 Å². The van der Waals surface area contributed by atoms with Gasteiger partial charge in [-0.25, -0.2) is 18.9 Å². The molecule has 3 rings (SSSR count). The van der Waals surface area contributed by atoms with Gasteiger partial charge >= 0.3 is 5.97 Å². The molecule has 126 valence electrons. The molecule has 1 amide bonds. The number of aromatic nitrogens is 3. The number of benzene rings is 1. The van der Waals surface area contributed by atoms with Crippen LogP contribution in [0.15, 0.2) is 24.3 Å². The largest absolute Gasteiger partial charge is 0.480 e. The second kappa shape index (κ2) is 6.03.